The second kappa shape index (κ2) is 9.74. The topological polar surface area (TPSA) is 41.9 Å². The highest BCUT2D eigenvalue weighted by Crippen LogP contribution is 2.39. The van der Waals surface area contributed by atoms with Crippen molar-refractivity contribution in [3.63, 3.8) is 0 Å². The van der Waals surface area contributed by atoms with Gasteiger partial charge in [-0.3, -0.25) is 15.0 Å². The molecule has 4 aromatic carbocycles. The van der Waals surface area contributed by atoms with Gasteiger partial charge in [0.05, 0.1) is 0 Å². The molecule has 0 spiro atoms. The number of hydrogen-bond donors (Lipinski definition) is 0. The van der Waals surface area contributed by atoms with Crippen molar-refractivity contribution >= 4 is 92.1 Å². The van der Waals surface area contributed by atoms with E-state index in [2.05, 4.69) is 163 Å². The molecule has 4 nitrogen and oxygen atoms in total. The zero-order valence-corrected chi connectivity index (χ0v) is 26.0. The first kappa shape index (κ1) is 25.8. The van der Waals surface area contributed by atoms with Crippen LogP contribution in [0, 0.1) is 0 Å². The molecular formula is C39H26B2N4Si. The van der Waals surface area contributed by atoms with Crippen LogP contribution in [-0.2, 0) is 0 Å². The standard InChI is InChI=1S/C39H26B2N4Si/c1-5-13-27(14-6-1)40-31-21-42-22-32-37(31)45-38-33(40)23-43-25-35(38)46(29-17-9-3-10-18-29,30-19-11-4-12-20-30)36-26-44-24-34(39(36)45)41(32)28-15-7-2-8-16-28/h1-26H. The Morgan fingerprint density at radius 2 is 0.739 bits per heavy atom. The lowest BCUT2D eigenvalue weighted by Gasteiger charge is -2.51. The van der Waals surface area contributed by atoms with Crippen molar-refractivity contribution in [2.75, 3.05) is 4.90 Å². The molecule has 0 fully saturated rings. The number of hydrogen-bond acceptors (Lipinski definition) is 4. The number of aromatic nitrogens is 3. The molecule has 3 aliphatic heterocycles. The Bertz CT molecular complexity index is 2130. The van der Waals surface area contributed by atoms with Gasteiger partial charge < -0.3 is 4.90 Å². The van der Waals surface area contributed by atoms with Crippen molar-refractivity contribution < 1.29 is 0 Å². The van der Waals surface area contributed by atoms with Gasteiger partial charge in [0.25, 0.3) is 13.4 Å². The summed E-state index contributed by atoms with van der Waals surface area (Å²) < 4.78 is 0. The maximum Gasteiger partial charge on any atom is 0.250 e. The predicted octanol–water partition coefficient (Wildman–Crippen LogP) is 0.691. The summed E-state index contributed by atoms with van der Waals surface area (Å²) in [6.07, 6.45) is 12.7. The lowest BCUT2D eigenvalue weighted by Crippen LogP contribution is -2.81. The van der Waals surface area contributed by atoms with Gasteiger partial charge >= 0.3 is 0 Å². The van der Waals surface area contributed by atoms with Gasteiger partial charge in [-0.15, -0.1) is 0 Å². The molecule has 10 rings (SSSR count). The third-order valence-electron chi connectivity index (χ3n) is 10.3. The molecular weight excluding hydrogens is 574 g/mol. The average Bonchev–Trinajstić information content (AvgIpc) is 3.13. The van der Waals surface area contributed by atoms with Crippen molar-refractivity contribution in [2.24, 2.45) is 0 Å². The van der Waals surface area contributed by atoms with Crippen LogP contribution < -0.4 is 58.4 Å². The Morgan fingerprint density at radius 1 is 0.391 bits per heavy atom. The van der Waals surface area contributed by atoms with Crippen LogP contribution in [0.4, 0.5) is 17.1 Å². The second-order valence-electron chi connectivity index (χ2n) is 12.4. The molecule has 3 aromatic heterocycles. The molecule has 7 aromatic rings. The minimum absolute atomic E-state index is 0.00181. The largest absolute Gasteiger partial charge is 0.312 e. The molecule has 6 heterocycles. The summed E-state index contributed by atoms with van der Waals surface area (Å²) in [4.78, 5) is 17.7. The monoisotopic (exact) mass is 600 g/mol. The van der Waals surface area contributed by atoms with Gasteiger partial charge in [-0.25, -0.2) is 0 Å². The molecule has 0 aliphatic carbocycles. The zero-order chi connectivity index (χ0) is 30.2. The molecule has 212 valence electrons. The highest BCUT2D eigenvalue weighted by Gasteiger charge is 2.55. The van der Waals surface area contributed by atoms with E-state index < -0.39 is 8.07 Å². The summed E-state index contributed by atoms with van der Waals surface area (Å²) in [7, 11) is -2.90. The summed E-state index contributed by atoms with van der Waals surface area (Å²) in [5.41, 5.74) is 11.2. The number of benzene rings is 4. The van der Waals surface area contributed by atoms with Crippen molar-refractivity contribution in [1.29, 1.82) is 0 Å². The molecule has 46 heavy (non-hydrogen) atoms. The Morgan fingerprint density at radius 3 is 1.15 bits per heavy atom. The van der Waals surface area contributed by atoms with E-state index in [9.17, 15) is 0 Å². The molecule has 0 saturated carbocycles. The lowest BCUT2D eigenvalue weighted by atomic mass is 9.31. The van der Waals surface area contributed by atoms with Gasteiger partial charge in [0.1, 0.15) is 0 Å². The predicted molar refractivity (Wildman–Crippen MR) is 194 cm³/mol. The van der Waals surface area contributed by atoms with Crippen LogP contribution in [0.15, 0.2) is 159 Å². The average molecular weight is 600 g/mol. The van der Waals surface area contributed by atoms with E-state index in [1.807, 2.05) is 0 Å². The number of pyridine rings is 3. The van der Waals surface area contributed by atoms with Crippen LogP contribution in [0.1, 0.15) is 0 Å². The van der Waals surface area contributed by atoms with Gasteiger partial charge in [0, 0.05) is 54.2 Å². The summed E-state index contributed by atoms with van der Waals surface area (Å²) in [6.45, 7) is 0.00362. The van der Waals surface area contributed by atoms with Crippen molar-refractivity contribution in [2.45, 2.75) is 0 Å². The van der Waals surface area contributed by atoms with Crippen LogP contribution in [0.5, 0.6) is 0 Å². The minimum Gasteiger partial charge on any atom is -0.312 e. The van der Waals surface area contributed by atoms with Crippen LogP contribution in [0.2, 0.25) is 0 Å². The molecule has 3 aliphatic rings. The van der Waals surface area contributed by atoms with Crippen molar-refractivity contribution in [3.05, 3.63) is 159 Å². The highest BCUT2D eigenvalue weighted by atomic mass is 28.3. The molecule has 0 radical (unpaired) electrons. The van der Waals surface area contributed by atoms with Gasteiger partial charge in [0.2, 0.25) is 0 Å². The fourth-order valence-electron chi connectivity index (χ4n) is 8.57. The zero-order valence-electron chi connectivity index (χ0n) is 25.0. The Balaban J connectivity index is 1.43. The molecule has 0 atom stereocenters. The summed E-state index contributed by atoms with van der Waals surface area (Å²) in [5.74, 6) is 0. The molecule has 0 N–H and O–H groups in total. The summed E-state index contributed by atoms with van der Waals surface area (Å²) >= 11 is 0. The molecule has 0 saturated heterocycles. The smallest absolute Gasteiger partial charge is 0.250 e. The fourth-order valence-corrected chi connectivity index (χ4v) is 13.6. The van der Waals surface area contributed by atoms with E-state index in [-0.39, 0.29) is 13.4 Å². The molecule has 0 amide bonds. The first-order chi connectivity index (χ1) is 22.9. The number of rotatable bonds is 4. The van der Waals surface area contributed by atoms with E-state index in [1.54, 1.807) is 0 Å². The minimum atomic E-state index is -2.90. The first-order valence-corrected chi connectivity index (χ1v) is 17.8. The Kier molecular flexibility index (Phi) is 5.45. The third-order valence-corrected chi connectivity index (χ3v) is 15.0. The normalized spacial score (nSPS) is 14.6. The van der Waals surface area contributed by atoms with Crippen LogP contribution in [-0.4, -0.2) is 36.5 Å². The van der Waals surface area contributed by atoms with E-state index in [0.29, 0.717) is 0 Å². The Hall–Kier alpha value is -5.52. The maximum absolute atomic E-state index is 5.07. The molecule has 7 heteroatoms. The Labute approximate surface area is 269 Å². The first-order valence-electron chi connectivity index (χ1n) is 15.8. The van der Waals surface area contributed by atoms with E-state index in [4.69, 9.17) is 15.0 Å². The fraction of sp³-hybridized carbons (Fsp3) is 0. The highest BCUT2D eigenvalue weighted by molar-refractivity contribution is 7.22. The van der Waals surface area contributed by atoms with Crippen LogP contribution in [0.3, 0.4) is 0 Å². The van der Waals surface area contributed by atoms with Gasteiger partial charge in [-0.05, 0) is 42.6 Å². The summed E-state index contributed by atoms with van der Waals surface area (Å²) in [6, 6.07) is 44.1. The van der Waals surface area contributed by atoms with E-state index in [1.165, 1.54) is 70.6 Å². The van der Waals surface area contributed by atoms with E-state index >= 15 is 0 Å². The number of anilines is 3. The van der Waals surface area contributed by atoms with Crippen molar-refractivity contribution in [3.8, 4) is 0 Å². The van der Waals surface area contributed by atoms with Crippen molar-refractivity contribution in [1.82, 2.24) is 15.0 Å². The van der Waals surface area contributed by atoms with Gasteiger partial charge in [-0.2, -0.15) is 0 Å². The lowest BCUT2D eigenvalue weighted by molar-refractivity contribution is 1.23. The number of nitrogens with zero attached hydrogens (tertiary/aromatic N) is 4. The van der Waals surface area contributed by atoms with Gasteiger partial charge in [-0.1, -0.05) is 132 Å². The summed E-state index contributed by atoms with van der Waals surface area (Å²) in [5, 5.41) is 5.29. The maximum atomic E-state index is 5.07. The molecule has 0 unspecified atom stereocenters. The SMILES string of the molecule is c1ccc(B2c3cncc4c3N3c5c2cncc5[Si](c2ccccc2)(c2ccccc2)c2cncc(c23)B4c2ccccc2)cc1. The van der Waals surface area contributed by atoms with E-state index in [0.717, 1.165) is 0 Å². The van der Waals surface area contributed by atoms with Crippen LogP contribution >= 0.6 is 0 Å². The third kappa shape index (κ3) is 3.27. The quantitative estimate of drug-likeness (QED) is 0.279. The van der Waals surface area contributed by atoms with Crippen LogP contribution in [0.25, 0.3) is 0 Å². The second-order valence-corrected chi connectivity index (χ2v) is 16.2. The molecule has 0 bridgehead atoms. The van der Waals surface area contributed by atoms with Gasteiger partial charge in [0.15, 0.2) is 8.07 Å².